The number of nitrogens with one attached hydrogen (secondary N) is 2. The van der Waals surface area contributed by atoms with E-state index in [4.69, 9.17) is 19.8 Å². The van der Waals surface area contributed by atoms with E-state index < -0.39 is 31.6 Å². The zero-order valence-electron chi connectivity index (χ0n) is 33.8. The summed E-state index contributed by atoms with van der Waals surface area (Å²) in [4.78, 5) is 24.9. The first-order valence-corrected chi connectivity index (χ1v) is 21.0. The van der Waals surface area contributed by atoms with Crippen LogP contribution in [0.15, 0.2) is 70.7 Å². The SMILES string of the molecule is CC.CC.CC.CC.CC.CC.CC(=O)O.CC(=O)O.CCCS(=O)(=O)c1ccc2[nH]ccc2c1.CCCS(=O)(=O)c1ccc2cc[nH]c2c1. The van der Waals surface area contributed by atoms with E-state index in [-0.39, 0.29) is 11.5 Å². The minimum absolute atomic E-state index is 0.208. The van der Waals surface area contributed by atoms with Gasteiger partial charge in [-0.2, -0.15) is 0 Å². The van der Waals surface area contributed by atoms with Gasteiger partial charge >= 0.3 is 0 Å². The molecule has 10 nitrogen and oxygen atoms in total. The van der Waals surface area contributed by atoms with Crippen LogP contribution in [0.25, 0.3) is 21.8 Å². The molecule has 0 atom stereocenters. The fourth-order valence-corrected chi connectivity index (χ4v) is 5.92. The summed E-state index contributed by atoms with van der Waals surface area (Å²) in [6.07, 6.45) is 4.90. The summed E-state index contributed by atoms with van der Waals surface area (Å²) in [6, 6.07) is 14.2. The lowest BCUT2D eigenvalue weighted by Gasteiger charge is -2.02. The summed E-state index contributed by atoms with van der Waals surface area (Å²) in [5.41, 5.74) is 1.83. The van der Waals surface area contributed by atoms with E-state index in [0.717, 1.165) is 35.7 Å². The van der Waals surface area contributed by atoms with Gasteiger partial charge in [0.1, 0.15) is 0 Å². The Labute approximate surface area is 305 Å². The van der Waals surface area contributed by atoms with Crippen LogP contribution in [0.2, 0.25) is 0 Å². The molecule has 4 aromatic rings. The Kier molecular flexibility index (Phi) is 44.7. The average molecular weight is 747 g/mol. The molecule has 0 saturated carbocycles. The molecular weight excluding hydrogens is 677 g/mol. The number of sulfone groups is 2. The molecule has 0 amide bonds. The Hall–Kier alpha value is -3.64. The predicted molar refractivity (Wildman–Crippen MR) is 216 cm³/mol. The van der Waals surface area contributed by atoms with Crippen LogP contribution < -0.4 is 0 Å². The molecule has 0 saturated heterocycles. The monoisotopic (exact) mass is 746 g/mol. The lowest BCUT2D eigenvalue weighted by molar-refractivity contribution is -0.135. The van der Waals surface area contributed by atoms with Crippen LogP contribution >= 0.6 is 0 Å². The van der Waals surface area contributed by atoms with Crippen molar-refractivity contribution < 1.29 is 36.6 Å². The summed E-state index contributed by atoms with van der Waals surface area (Å²) in [5.74, 6) is -1.25. The zero-order chi connectivity index (χ0) is 40.9. The number of aliphatic carboxylic acids is 2. The van der Waals surface area contributed by atoms with Gasteiger partial charge in [-0.25, -0.2) is 16.8 Å². The number of hydrogen-bond acceptors (Lipinski definition) is 6. The van der Waals surface area contributed by atoms with Crippen molar-refractivity contribution in [3.8, 4) is 0 Å². The number of fused-ring (bicyclic) bond motifs is 2. The second kappa shape index (κ2) is 38.2. The predicted octanol–water partition coefficient (Wildman–Crippen LogP) is 11.0. The van der Waals surface area contributed by atoms with Gasteiger partial charge in [-0.15, -0.1) is 0 Å². The number of carboxylic acids is 2. The highest BCUT2D eigenvalue weighted by Gasteiger charge is 2.14. The summed E-state index contributed by atoms with van der Waals surface area (Å²) in [6.45, 7) is 29.9. The van der Waals surface area contributed by atoms with Gasteiger partial charge in [0.15, 0.2) is 19.7 Å². The van der Waals surface area contributed by atoms with Crippen LogP contribution in [0.4, 0.5) is 0 Å². The van der Waals surface area contributed by atoms with Gasteiger partial charge < -0.3 is 20.2 Å². The van der Waals surface area contributed by atoms with E-state index in [2.05, 4.69) is 9.97 Å². The maximum Gasteiger partial charge on any atom is 0.300 e. The van der Waals surface area contributed by atoms with Crippen molar-refractivity contribution >= 4 is 53.4 Å². The van der Waals surface area contributed by atoms with Gasteiger partial charge in [-0.05, 0) is 60.7 Å². The second-order valence-electron chi connectivity index (χ2n) is 8.13. The van der Waals surface area contributed by atoms with Crippen LogP contribution in [0.1, 0.15) is 124 Å². The molecule has 2 aromatic heterocycles. The highest BCUT2D eigenvalue weighted by atomic mass is 32.2. The lowest BCUT2D eigenvalue weighted by Crippen LogP contribution is -2.05. The van der Waals surface area contributed by atoms with Crippen LogP contribution in [0.5, 0.6) is 0 Å². The fourth-order valence-electron chi connectivity index (χ4n) is 3.22. The molecule has 4 N–H and O–H groups in total. The van der Waals surface area contributed by atoms with Crippen LogP contribution in [-0.2, 0) is 29.3 Å². The van der Waals surface area contributed by atoms with Gasteiger partial charge in [0.05, 0.1) is 21.3 Å². The highest BCUT2D eigenvalue weighted by Crippen LogP contribution is 2.20. The molecule has 12 heteroatoms. The van der Waals surface area contributed by atoms with Crippen molar-refractivity contribution in [2.24, 2.45) is 0 Å². The minimum atomic E-state index is -3.10. The Bertz CT molecular complexity index is 1430. The minimum Gasteiger partial charge on any atom is -0.481 e. The number of H-pyrrole nitrogens is 2. The molecule has 0 aliphatic rings. The number of hydrogen-bond donors (Lipinski definition) is 4. The highest BCUT2D eigenvalue weighted by molar-refractivity contribution is 7.91. The molecule has 2 aromatic carbocycles. The van der Waals surface area contributed by atoms with Gasteiger partial charge in [-0.3, -0.25) is 9.59 Å². The standard InChI is InChI=1S/2C11H13NO2S.2C2H4O2.6C2H6/c1-2-7-15(13,14)10-3-4-11-9(8-10)5-6-12-11;1-2-7-15(13,14)10-4-3-9-5-6-12-11(9)8-10;2*1-2(3)4;6*1-2/h2*3-6,8,12H,2,7H2,1H3;2*1H3,(H,3,4);6*1-2H3. The molecule has 0 fully saturated rings. The third kappa shape index (κ3) is 28.2. The van der Waals surface area contributed by atoms with Crippen LogP contribution in [-0.4, -0.2) is 60.5 Å². The normalized spacial score (nSPS) is 8.96. The molecule has 50 heavy (non-hydrogen) atoms. The number of carboxylic acid groups (broad SMARTS) is 2. The Morgan fingerprint density at radius 3 is 1.22 bits per heavy atom. The first kappa shape index (κ1) is 58.6. The summed E-state index contributed by atoms with van der Waals surface area (Å²) < 4.78 is 47.1. The average Bonchev–Trinajstić information content (AvgIpc) is 3.79. The number of carbonyl (C=O) groups is 2. The quantitative estimate of drug-likeness (QED) is 0.151. The second-order valence-corrected chi connectivity index (χ2v) is 12.3. The molecule has 0 spiro atoms. The molecule has 0 bridgehead atoms. The molecule has 0 aliphatic heterocycles. The van der Waals surface area contributed by atoms with Crippen molar-refractivity contribution in [2.45, 2.75) is 133 Å². The van der Waals surface area contributed by atoms with Crippen molar-refractivity contribution in [2.75, 3.05) is 11.5 Å². The largest absolute Gasteiger partial charge is 0.481 e. The van der Waals surface area contributed by atoms with E-state index in [9.17, 15) is 16.8 Å². The first-order chi connectivity index (χ1) is 23.7. The summed E-state index contributed by atoms with van der Waals surface area (Å²) in [7, 11) is -6.19. The topological polar surface area (TPSA) is 174 Å². The smallest absolute Gasteiger partial charge is 0.300 e. The van der Waals surface area contributed by atoms with Crippen molar-refractivity contribution in [1.82, 2.24) is 9.97 Å². The maximum absolute atomic E-state index is 11.8. The lowest BCUT2D eigenvalue weighted by atomic mass is 10.2. The Morgan fingerprint density at radius 1 is 0.520 bits per heavy atom. The Balaban J connectivity index is -0.000000129. The molecule has 0 unspecified atom stereocenters. The van der Waals surface area contributed by atoms with Gasteiger partial charge in [0.25, 0.3) is 11.9 Å². The first-order valence-electron chi connectivity index (χ1n) is 17.7. The van der Waals surface area contributed by atoms with Crippen molar-refractivity contribution in [1.29, 1.82) is 0 Å². The molecule has 292 valence electrons. The number of rotatable bonds is 6. The molecule has 4 rings (SSSR count). The fraction of sp³-hybridized carbons (Fsp3) is 0.526. The molecule has 0 radical (unpaired) electrons. The molecular formula is C38H70N2O8S2. The van der Waals surface area contributed by atoms with E-state index in [0.29, 0.717) is 22.6 Å². The number of aromatic amines is 2. The van der Waals surface area contributed by atoms with Gasteiger partial charge in [0.2, 0.25) is 0 Å². The van der Waals surface area contributed by atoms with E-state index in [1.165, 1.54) is 0 Å². The number of benzene rings is 2. The van der Waals surface area contributed by atoms with Gasteiger partial charge in [0, 0.05) is 42.7 Å². The van der Waals surface area contributed by atoms with Crippen LogP contribution in [0, 0.1) is 0 Å². The van der Waals surface area contributed by atoms with E-state index >= 15 is 0 Å². The third-order valence-corrected chi connectivity index (χ3v) is 8.55. The summed E-state index contributed by atoms with van der Waals surface area (Å²) >= 11 is 0. The summed E-state index contributed by atoms with van der Waals surface area (Å²) in [5, 5.41) is 16.8. The zero-order valence-corrected chi connectivity index (χ0v) is 35.4. The maximum atomic E-state index is 11.8. The van der Waals surface area contributed by atoms with E-state index in [1.807, 2.05) is 115 Å². The molecule has 0 aliphatic carbocycles. The Morgan fingerprint density at radius 2 is 0.840 bits per heavy atom. The molecule has 2 heterocycles. The van der Waals surface area contributed by atoms with Crippen molar-refractivity contribution in [3.63, 3.8) is 0 Å². The van der Waals surface area contributed by atoms with Crippen molar-refractivity contribution in [3.05, 3.63) is 60.9 Å². The van der Waals surface area contributed by atoms with Crippen LogP contribution in [0.3, 0.4) is 0 Å². The van der Waals surface area contributed by atoms with E-state index in [1.54, 1.807) is 42.7 Å². The number of aromatic nitrogens is 2. The third-order valence-electron chi connectivity index (χ3n) is 4.72. The van der Waals surface area contributed by atoms with Gasteiger partial charge in [-0.1, -0.05) is 103 Å².